The van der Waals surface area contributed by atoms with Gasteiger partial charge >= 0.3 is 11.5 Å². The number of sulfonamides is 1. The molecule has 1 rings (SSSR count). The minimum Gasteiger partial charge on any atom is -0.469 e. The van der Waals surface area contributed by atoms with Crippen molar-refractivity contribution in [3.05, 3.63) is 24.3 Å². The van der Waals surface area contributed by atoms with Gasteiger partial charge in [0, 0.05) is 18.0 Å². The molecule has 136 valence electrons. The van der Waals surface area contributed by atoms with Crippen LogP contribution >= 0.6 is 11.8 Å². The van der Waals surface area contributed by atoms with Crippen molar-refractivity contribution in [3.63, 3.8) is 0 Å². The van der Waals surface area contributed by atoms with Gasteiger partial charge in [-0.1, -0.05) is 13.8 Å². The summed E-state index contributed by atoms with van der Waals surface area (Å²) in [7, 11) is -2.70. The van der Waals surface area contributed by atoms with Gasteiger partial charge < -0.3 is 4.74 Å². The van der Waals surface area contributed by atoms with Crippen molar-refractivity contribution >= 4 is 27.8 Å². The average molecular weight is 385 g/mol. The molecule has 0 fully saturated rings. The average Bonchev–Trinajstić information content (AvgIpc) is 2.50. The van der Waals surface area contributed by atoms with E-state index in [0.29, 0.717) is 0 Å². The van der Waals surface area contributed by atoms with Crippen LogP contribution in [0.2, 0.25) is 0 Å². The Morgan fingerprint density at radius 2 is 1.83 bits per heavy atom. The third kappa shape index (κ3) is 5.67. The van der Waals surface area contributed by atoms with Crippen molar-refractivity contribution in [2.75, 3.05) is 20.2 Å². The van der Waals surface area contributed by atoms with E-state index in [1.54, 1.807) is 6.92 Å². The molecule has 0 bridgehead atoms. The first-order chi connectivity index (χ1) is 11.0. The number of hydrogen-bond donors (Lipinski definition) is 0. The van der Waals surface area contributed by atoms with Crippen molar-refractivity contribution in [1.82, 2.24) is 4.31 Å². The van der Waals surface area contributed by atoms with E-state index in [0.717, 1.165) is 28.6 Å². The van der Waals surface area contributed by atoms with Gasteiger partial charge in [-0.15, -0.1) is 0 Å². The van der Waals surface area contributed by atoms with E-state index < -0.39 is 27.4 Å². The third-order valence-corrected chi connectivity index (χ3v) is 5.82. The van der Waals surface area contributed by atoms with Crippen LogP contribution in [0.4, 0.5) is 13.2 Å². The molecule has 1 aromatic rings. The second-order valence-corrected chi connectivity index (χ2v) is 7.98. The van der Waals surface area contributed by atoms with Gasteiger partial charge in [-0.25, -0.2) is 8.42 Å². The molecule has 1 atom stereocenters. The van der Waals surface area contributed by atoms with Crippen LogP contribution in [-0.2, 0) is 19.6 Å². The molecule has 0 spiro atoms. The molecule has 0 saturated carbocycles. The van der Waals surface area contributed by atoms with E-state index in [2.05, 4.69) is 4.74 Å². The lowest BCUT2D eigenvalue weighted by Crippen LogP contribution is -2.37. The lowest BCUT2D eigenvalue weighted by molar-refractivity contribution is -0.145. The van der Waals surface area contributed by atoms with Crippen LogP contribution in [0, 0.1) is 5.92 Å². The van der Waals surface area contributed by atoms with Gasteiger partial charge in [-0.3, -0.25) is 4.79 Å². The lowest BCUT2D eigenvalue weighted by atomic mass is 10.2. The molecule has 0 N–H and O–H groups in total. The van der Waals surface area contributed by atoms with Crippen molar-refractivity contribution < 1.29 is 31.1 Å². The van der Waals surface area contributed by atoms with Crippen LogP contribution < -0.4 is 0 Å². The Bertz CT molecular complexity index is 660. The highest BCUT2D eigenvalue weighted by atomic mass is 32.2. The number of nitrogens with zero attached hydrogens (tertiary/aromatic N) is 1. The Hall–Kier alpha value is -1.26. The number of carbonyl (C=O) groups is 1. The minimum atomic E-state index is -4.44. The molecule has 0 radical (unpaired) electrons. The number of methoxy groups -OCH3 is 1. The lowest BCUT2D eigenvalue weighted by Gasteiger charge is -2.23. The highest BCUT2D eigenvalue weighted by molar-refractivity contribution is 8.00. The summed E-state index contributed by atoms with van der Waals surface area (Å²) in [5.74, 6) is -1.20. The Morgan fingerprint density at radius 1 is 1.29 bits per heavy atom. The first kappa shape index (κ1) is 20.8. The second kappa shape index (κ2) is 8.21. The highest BCUT2D eigenvalue weighted by Gasteiger charge is 2.30. The molecule has 0 amide bonds. The van der Waals surface area contributed by atoms with Gasteiger partial charge in [0.05, 0.1) is 17.9 Å². The summed E-state index contributed by atoms with van der Waals surface area (Å²) in [6.45, 7) is 3.18. The highest BCUT2D eigenvalue weighted by Crippen LogP contribution is 2.37. The molecule has 10 heteroatoms. The normalized spacial score (nSPS) is 13.8. The van der Waals surface area contributed by atoms with Crippen LogP contribution in [0.5, 0.6) is 0 Å². The van der Waals surface area contributed by atoms with Crippen molar-refractivity contribution in [1.29, 1.82) is 0 Å². The molecule has 0 aromatic heterocycles. The number of hydrogen-bond acceptors (Lipinski definition) is 5. The maximum atomic E-state index is 12.6. The van der Waals surface area contributed by atoms with Gasteiger partial charge in [-0.05, 0) is 36.0 Å². The topological polar surface area (TPSA) is 63.7 Å². The number of benzene rings is 1. The fraction of sp³-hybridized carbons (Fsp3) is 0.500. The zero-order valence-electron chi connectivity index (χ0n) is 13.3. The van der Waals surface area contributed by atoms with E-state index in [4.69, 9.17) is 0 Å². The van der Waals surface area contributed by atoms with Crippen LogP contribution in [0.25, 0.3) is 0 Å². The largest absolute Gasteiger partial charge is 0.469 e. The second-order valence-electron chi connectivity index (χ2n) is 4.90. The van der Waals surface area contributed by atoms with Gasteiger partial charge in [-0.2, -0.15) is 17.5 Å². The van der Waals surface area contributed by atoms with Crippen LogP contribution in [0.1, 0.15) is 13.8 Å². The van der Waals surface area contributed by atoms with E-state index in [1.165, 1.54) is 14.0 Å². The standard InChI is InChI=1S/C14H18F3NO4S2/c1-4-18(9-10(2)13(19)22-3)24(20,21)12-7-5-11(6-8-12)23-14(15,16)17/h5-8,10H,4,9H2,1-3H3. The van der Waals surface area contributed by atoms with Crippen LogP contribution in [-0.4, -0.2) is 44.4 Å². The minimum absolute atomic E-state index is 0.0788. The quantitative estimate of drug-likeness (QED) is 0.533. The Morgan fingerprint density at radius 3 is 2.25 bits per heavy atom. The summed E-state index contributed by atoms with van der Waals surface area (Å²) in [5, 5.41) is 0. The zero-order valence-corrected chi connectivity index (χ0v) is 15.0. The number of carbonyl (C=O) groups excluding carboxylic acids is 1. The van der Waals surface area contributed by atoms with Crippen LogP contribution in [0.3, 0.4) is 0 Å². The van der Waals surface area contributed by atoms with Crippen molar-refractivity contribution in [2.24, 2.45) is 5.92 Å². The summed E-state index contributed by atoms with van der Waals surface area (Å²) in [5.41, 5.74) is -4.44. The van der Waals surface area contributed by atoms with E-state index >= 15 is 0 Å². The predicted octanol–water partition coefficient (Wildman–Crippen LogP) is 3.12. The monoisotopic (exact) mass is 385 g/mol. The number of esters is 1. The van der Waals surface area contributed by atoms with Gasteiger partial charge in [0.2, 0.25) is 10.0 Å². The van der Waals surface area contributed by atoms with E-state index in [1.807, 2.05) is 0 Å². The fourth-order valence-corrected chi connectivity index (χ4v) is 4.02. The van der Waals surface area contributed by atoms with E-state index in [9.17, 15) is 26.4 Å². The molecule has 1 aromatic carbocycles. The smallest absolute Gasteiger partial charge is 0.446 e. The van der Waals surface area contributed by atoms with Gasteiger partial charge in [0.15, 0.2) is 0 Å². The first-order valence-corrected chi connectivity index (χ1v) is 9.20. The first-order valence-electron chi connectivity index (χ1n) is 6.95. The third-order valence-electron chi connectivity index (χ3n) is 3.13. The molecule has 5 nitrogen and oxygen atoms in total. The summed E-state index contributed by atoms with van der Waals surface area (Å²) < 4.78 is 67.7. The Balaban J connectivity index is 2.98. The zero-order chi connectivity index (χ0) is 18.5. The number of thioether (sulfide) groups is 1. The molecule has 1 unspecified atom stereocenters. The maximum absolute atomic E-state index is 12.6. The van der Waals surface area contributed by atoms with Gasteiger partial charge in [0.25, 0.3) is 0 Å². The van der Waals surface area contributed by atoms with Crippen molar-refractivity contribution in [2.45, 2.75) is 29.1 Å². The van der Waals surface area contributed by atoms with Crippen molar-refractivity contribution in [3.8, 4) is 0 Å². The molecular weight excluding hydrogens is 367 g/mol. The molecule has 0 aliphatic carbocycles. The molecule has 0 saturated heterocycles. The summed E-state index contributed by atoms with van der Waals surface area (Å²) >= 11 is -0.318. The summed E-state index contributed by atoms with van der Waals surface area (Å²) in [6.07, 6.45) is 0. The molecule has 0 heterocycles. The summed E-state index contributed by atoms with van der Waals surface area (Å²) in [6, 6.07) is 4.44. The fourth-order valence-electron chi connectivity index (χ4n) is 1.94. The number of ether oxygens (including phenoxy) is 1. The molecule has 24 heavy (non-hydrogen) atoms. The van der Waals surface area contributed by atoms with Crippen LogP contribution in [0.15, 0.2) is 34.1 Å². The Kier molecular flexibility index (Phi) is 7.11. The number of rotatable bonds is 7. The number of alkyl halides is 3. The maximum Gasteiger partial charge on any atom is 0.446 e. The molecule has 0 aliphatic rings. The Labute approximate surface area is 143 Å². The predicted molar refractivity (Wildman–Crippen MR) is 84.0 cm³/mol. The molecule has 0 aliphatic heterocycles. The van der Waals surface area contributed by atoms with Gasteiger partial charge in [0.1, 0.15) is 0 Å². The van der Waals surface area contributed by atoms with E-state index in [-0.39, 0.29) is 34.6 Å². The SMILES string of the molecule is CCN(CC(C)C(=O)OC)S(=O)(=O)c1ccc(SC(F)(F)F)cc1. The number of halogens is 3. The summed E-state index contributed by atoms with van der Waals surface area (Å²) in [4.78, 5) is 11.2. The molecular formula is C14H18F3NO4S2.